The zero-order valence-electron chi connectivity index (χ0n) is 14.6. The monoisotopic (exact) mass is 409 g/mol. The van der Waals surface area contributed by atoms with Crippen molar-refractivity contribution in [1.29, 1.82) is 0 Å². The number of carbonyl (C=O) groups is 2. The van der Waals surface area contributed by atoms with Gasteiger partial charge in [-0.25, -0.2) is 0 Å². The summed E-state index contributed by atoms with van der Waals surface area (Å²) in [6.45, 7) is 3.05. The van der Waals surface area contributed by atoms with Gasteiger partial charge in [-0.05, 0) is 37.6 Å². The number of nitrogens with zero attached hydrogens (tertiary/aromatic N) is 1. The van der Waals surface area contributed by atoms with Crippen LogP contribution in [0.5, 0.6) is 0 Å². The summed E-state index contributed by atoms with van der Waals surface area (Å²) in [6.07, 6.45) is 0. The topological polar surface area (TPSA) is 101 Å². The summed E-state index contributed by atoms with van der Waals surface area (Å²) < 4.78 is 0. The van der Waals surface area contributed by atoms with E-state index in [1.807, 2.05) is 0 Å². The van der Waals surface area contributed by atoms with E-state index in [-0.39, 0.29) is 23.8 Å². The fraction of sp³-hybridized carbons (Fsp3) is 0.222. The Morgan fingerprint density at radius 1 is 1.19 bits per heavy atom. The van der Waals surface area contributed by atoms with Crippen LogP contribution in [0.1, 0.15) is 34.5 Å². The molecule has 0 fully saturated rings. The highest BCUT2D eigenvalue weighted by atomic mass is 35.5. The fourth-order valence-electron chi connectivity index (χ4n) is 2.43. The average molecular weight is 410 g/mol. The van der Waals surface area contributed by atoms with E-state index in [1.165, 1.54) is 18.2 Å². The van der Waals surface area contributed by atoms with Crippen LogP contribution in [-0.4, -0.2) is 23.3 Å². The van der Waals surface area contributed by atoms with Crippen molar-refractivity contribution in [2.75, 3.05) is 6.54 Å². The number of rotatable bonds is 6. The van der Waals surface area contributed by atoms with E-state index in [1.54, 1.807) is 32.0 Å². The van der Waals surface area contributed by atoms with Crippen LogP contribution in [0.25, 0.3) is 0 Å². The molecule has 2 rings (SSSR count). The molecule has 2 N–H and O–H groups in total. The molecule has 142 valence electrons. The third-order valence-electron chi connectivity index (χ3n) is 3.88. The number of nitro groups is 1. The summed E-state index contributed by atoms with van der Waals surface area (Å²) in [4.78, 5) is 34.6. The summed E-state index contributed by atoms with van der Waals surface area (Å²) in [5.41, 5.74) is 1.09. The number of amides is 2. The third-order valence-corrected chi connectivity index (χ3v) is 4.45. The Bertz CT molecular complexity index is 902. The van der Waals surface area contributed by atoms with Gasteiger partial charge >= 0.3 is 0 Å². The van der Waals surface area contributed by atoms with Gasteiger partial charge in [0.15, 0.2) is 0 Å². The van der Waals surface area contributed by atoms with Crippen LogP contribution in [-0.2, 0) is 4.79 Å². The second-order valence-corrected chi connectivity index (χ2v) is 6.74. The van der Waals surface area contributed by atoms with Gasteiger partial charge in [0.05, 0.1) is 17.5 Å². The molecule has 1 atom stereocenters. The molecule has 0 heterocycles. The second-order valence-electron chi connectivity index (χ2n) is 5.90. The second kappa shape index (κ2) is 8.83. The van der Waals surface area contributed by atoms with E-state index in [2.05, 4.69) is 10.6 Å². The van der Waals surface area contributed by atoms with Crippen molar-refractivity contribution >= 4 is 40.7 Å². The standard InChI is InChI=1S/C18H17Cl2N3O4/c1-10-3-4-12(7-16(10)23(26)27)18(25)21-9-17(24)22-11(2)14-6-5-13(19)8-15(14)20/h3-8,11H,9H2,1-2H3,(H,21,25)(H,22,24). The van der Waals surface area contributed by atoms with Crippen LogP contribution in [0, 0.1) is 17.0 Å². The van der Waals surface area contributed by atoms with E-state index >= 15 is 0 Å². The zero-order chi connectivity index (χ0) is 20.1. The number of aryl methyl sites for hydroxylation is 1. The van der Waals surface area contributed by atoms with Crippen molar-refractivity contribution in [3.63, 3.8) is 0 Å². The lowest BCUT2D eigenvalue weighted by Crippen LogP contribution is -2.38. The molecule has 2 aromatic carbocycles. The predicted octanol–water partition coefficient (Wildman–Crippen LogP) is 3.82. The van der Waals surface area contributed by atoms with Gasteiger partial charge in [0.25, 0.3) is 11.6 Å². The van der Waals surface area contributed by atoms with Crippen molar-refractivity contribution in [2.45, 2.75) is 19.9 Å². The van der Waals surface area contributed by atoms with Crippen LogP contribution in [0.3, 0.4) is 0 Å². The summed E-state index contributed by atoms with van der Waals surface area (Å²) in [5.74, 6) is -1.01. The highest BCUT2D eigenvalue weighted by Gasteiger charge is 2.17. The Labute approximate surface area is 165 Å². The van der Waals surface area contributed by atoms with Gasteiger partial charge in [0.1, 0.15) is 0 Å². The van der Waals surface area contributed by atoms with E-state index < -0.39 is 16.7 Å². The van der Waals surface area contributed by atoms with E-state index in [9.17, 15) is 19.7 Å². The fourth-order valence-corrected chi connectivity index (χ4v) is 3.01. The highest BCUT2D eigenvalue weighted by Crippen LogP contribution is 2.26. The molecule has 0 aliphatic heterocycles. The Hall–Kier alpha value is -2.64. The molecular formula is C18H17Cl2N3O4. The number of benzene rings is 2. The van der Waals surface area contributed by atoms with Crippen LogP contribution in [0.15, 0.2) is 36.4 Å². The maximum Gasteiger partial charge on any atom is 0.273 e. The molecule has 0 spiro atoms. The number of hydrogen-bond donors (Lipinski definition) is 2. The molecule has 0 saturated heterocycles. The van der Waals surface area contributed by atoms with Crippen molar-refractivity contribution < 1.29 is 14.5 Å². The summed E-state index contributed by atoms with van der Waals surface area (Å²) in [5, 5.41) is 17.0. The van der Waals surface area contributed by atoms with Crippen LogP contribution < -0.4 is 10.6 Å². The lowest BCUT2D eigenvalue weighted by Gasteiger charge is -2.16. The first kappa shape index (κ1) is 20.7. The first-order chi connectivity index (χ1) is 12.7. The molecule has 7 nitrogen and oxygen atoms in total. The normalized spacial score (nSPS) is 11.6. The molecule has 27 heavy (non-hydrogen) atoms. The minimum atomic E-state index is -0.578. The van der Waals surface area contributed by atoms with Crippen molar-refractivity contribution in [1.82, 2.24) is 10.6 Å². The van der Waals surface area contributed by atoms with E-state index in [0.29, 0.717) is 21.2 Å². The number of carbonyl (C=O) groups excluding carboxylic acids is 2. The lowest BCUT2D eigenvalue weighted by atomic mass is 10.1. The lowest BCUT2D eigenvalue weighted by molar-refractivity contribution is -0.385. The molecule has 0 aliphatic rings. The molecule has 0 bridgehead atoms. The van der Waals surface area contributed by atoms with E-state index in [4.69, 9.17) is 23.2 Å². The van der Waals surface area contributed by atoms with Crippen molar-refractivity contribution in [3.05, 3.63) is 73.2 Å². The van der Waals surface area contributed by atoms with Gasteiger partial charge in [0.2, 0.25) is 5.91 Å². The van der Waals surface area contributed by atoms with Crippen LogP contribution in [0.2, 0.25) is 10.0 Å². The minimum absolute atomic E-state index is 0.105. The number of halogens is 2. The first-order valence-corrected chi connectivity index (χ1v) is 8.72. The van der Waals surface area contributed by atoms with Crippen molar-refractivity contribution in [2.24, 2.45) is 0 Å². The van der Waals surface area contributed by atoms with Crippen molar-refractivity contribution in [3.8, 4) is 0 Å². The SMILES string of the molecule is Cc1ccc(C(=O)NCC(=O)NC(C)c2ccc(Cl)cc2Cl)cc1[N+](=O)[O-]. The summed E-state index contributed by atoms with van der Waals surface area (Å²) in [7, 11) is 0. The van der Waals surface area contributed by atoms with E-state index in [0.717, 1.165) is 0 Å². The highest BCUT2D eigenvalue weighted by molar-refractivity contribution is 6.35. The summed E-state index contributed by atoms with van der Waals surface area (Å²) in [6, 6.07) is 8.69. The molecule has 0 aliphatic carbocycles. The average Bonchev–Trinajstić information content (AvgIpc) is 2.59. The Balaban J connectivity index is 1.96. The van der Waals surface area contributed by atoms with Gasteiger partial charge in [-0.3, -0.25) is 19.7 Å². The third kappa shape index (κ3) is 5.42. The minimum Gasteiger partial charge on any atom is -0.348 e. The molecule has 0 aromatic heterocycles. The molecule has 9 heteroatoms. The number of hydrogen-bond acceptors (Lipinski definition) is 4. The van der Waals surface area contributed by atoms with Gasteiger partial charge in [-0.1, -0.05) is 35.3 Å². The maximum absolute atomic E-state index is 12.1. The Morgan fingerprint density at radius 3 is 2.52 bits per heavy atom. The van der Waals surface area contributed by atoms with Gasteiger partial charge in [-0.2, -0.15) is 0 Å². The Morgan fingerprint density at radius 2 is 1.89 bits per heavy atom. The molecular weight excluding hydrogens is 393 g/mol. The molecule has 2 aromatic rings. The molecule has 2 amide bonds. The maximum atomic E-state index is 12.1. The van der Waals surface area contributed by atoms with Gasteiger partial charge < -0.3 is 10.6 Å². The largest absolute Gasteiger partial charge is 0.348 e. The van der Waals surface area contributed by atoms with Gasteiger partial charge in [0, 0.05) is 27.2 Å². The molecule has 1 unspecified atom stereocenters. The molecule has 0 radical (unpaired) electrons. The smallest absolute Gasteiger partial charge is 0.273 e. The summed E-state index contributed by atoms with van der Waals surface area (Å²) >= 11 is 12.0. The van der Waals surface area contributed by atoms with Crippen LogP contribution in [0.4, 0.5) is 5.69 Å². The molecule has 0 saturated carbocycles. The number of nitro benzene ring substituents is 1. The van der Waals surface area contributed by atoms with Crippen LogP contribution >= 0.6 is 23.2 Å². The predicted molar refractivity (Wildman–Crippen MR) is 103 cm³/mol. The first-order valence-electron chi connectivity index (χ1n) is 7.96. The number of nitrogens with one attached hydrogen (secondary N) is 2. The quantitative estimate of drug-likeness (QED) is 0.559. The van der Waals surface area contributed by atoms with Gasteiger partial charge in [-0.15, -0.1) is 0 Å². The Kier molecular flexibility index (Phi) is 6.76. The zero-order valence-corrected chi connectivity index (χ0v) is 16.1.